The molecule has 1 aromatic carbocycles. The Hall–Kier alpha value is -1.81. The van der Waals surface area contributed by atoms with E-state index in [2.05, 4.69) is 17.2 Å². The molecule has 2 N–H and O–H groups in total. The normalized spacial score (nSPS) is 9.95. The highest BCUT2D eigenvalue weighted by Crippen LogP contribution is 2.12. The van der Waals surface area contributed by atoms with E-state index >= 15 is 0 Å². The fraction of sp³-hybridized carbons (Fsp3) is 0.400. The summed E-state index contributed by atoms with van der Waals surface area (Å²) in [6, 6.07) is 7.88. The highest BCUT2D eigenvalue weighted by Gasteiger charge is 2.00. The van der Waals surface area contributed by atoms with E-state index in [1.807, 2.05) is 24.3 Å². The molecule has 0 fully saturated rings. The largest absolute Gasteiger partial charge is 0.497 e. The van der Waals surface area contributed by atoms with Gasteiger partial charge in [-0.25, -0.2) is 0 Å². The van der Waals surface area contributed by atoms with Crippen molar-refractivity contribution < 1.29 is 9.53 Å². The summed E-state index contributed by atoms with van der Waals surface area (Å²) in [6.45, 7) is 5.66. The van der Waals surface area contributed by atoms with Gasteiger partial charge in [-0.2, -0.15) is 0 Å². The molecular weight excluding hydrogens is 240 g/mol. The Bertz CT molecular complexity index is 405. The van der Waals surface area contributed by atoms with Gasteiger partial charge in [0.2, 0.25) is 5.91 Å². The molecule has 0 atom stereocenters. The molecule has 0 saturated heterocycles. The minimum Gasteiger partial charge on any atom is -0.497 e. The van der Waals surface area contributed by atoms with Crippen molar-refractivity contribution >= 4 is 5.91 Å². The van der Waals surface area contributed by atoms with E-state index in [9.17, 15) is 4.79 Å². The molecule has 0 aromatic heterocycles. The summed E-state index contributed by atoms with van der Waals surface area (Å²) in [5.41, 5.74) is 1.16. The highest BCUT2D eigenvalue weighted by molar-refractivity contribution is 5.76. The molecule has 1 rings (SSSR count). The monoisotopic (exact) mass is 262 g/mol. The maximum atomic E-state index is 11.5. The zero-order chi connectivity index (χ0) is 13.9. The fourth-order valence-electron chi connectivity index (χ4n) is 1.67. The van der Waals surface area contributed by atoms with E-state index in [-0.39, 0.29) is 5.91 Å². The quantitative estimate of drug-likeness (QED) is 0.524. The number of carbonyl (C=O) groups excluding carboxylic acids is 1. The van der Waals surface area contributed by atoms with Gasteiger partial charge in [0.25, 0.3) is 0 Å². The van der Waals surface area contributed by atoms with E-state index in [0.29, 0.717) is 19.5 Å². The molecule has 1 amide bonds. The molecular formula is C15H22N2O2. The van der Waals surface area contributed by atoms with Crippen LogP contribution in [0.4, 0.5) is 0 Å². The first-order valence-corrected chi connectivity index (χ1v) is 6.47. The van der Waals surface area contributed by atoms with Crippen LogP contribution in [0.5, 0.6) is 5.75 Å². The van der Waals surface area contributed by atoms with E-state index in [1.54, 1.807) is 13.2 Å². The van der Waals surface area contributed by atoms with Gasteiger partial charge in [0.15, 0.2) is 0 Å². The summed E-state index contributed by atoms with van der Waals surface area (Å²) in [4.78, 5) is 11.5. The second-order valence-electron chi connectivity index (χ2n) is 4.19. The molecule has 0 aliphatic heterocycles. The third kappa shape index (κ3) is 6.62. The lowest BCUT2D eigenvalue weighted by Gasteiger charge is -2.07. The number of methoxy groups -OCH3 is 1. The molecule has 0 spiro atoms. The van der Waals surface area contributed by atoms with Gasteiger partial charge in [-0.1, -0.05) is 18.2 Å². The van der Waals surface area contributed by atoms with Crippen LogP contribution in [-0.4, -0.2) is 32.7 Å². The lowest BCUT2D eigenvalue weighted by molar-refractivity contribution is -0.120. The molecule has 0 aliphatic carbocycles. The predicted octanol–water partition coefficient (Wildman–Crippen LogP) is 1.52. The summed E-state index contributed by atoms with van der Waals surface area (Å²) < 4.78 is 5.15. The SMILES string of the molecule is C=CCNCCC(=O)NCCc1cccc(OC)c1. The lowest BCUT2D eigenvalue weighted by atomic mass is 10.1. The van der Waals surface area contributed by atoms with E-state index in [0.717, 1.165) is 24.3 Å². The summed E-state index contributed by atoms with van der Waals surface area (Å²) in [7, 11) is 1.65. The third-order valence-electron chi connectivity index (χ3n) is 2.69. The summed E-state index contributed by atoms with van der Waals surface area (Å²) >= 11 is 0. The number of ether oxygens (including phenoxy) is 1. The molecule has 0 unspecified atom stereocenters. The van der Waals surface area contributed by atoms with Gasteiger partial charge in [0, 0.05) is 26.1 Å². The van der Waals surface area contributed by atoms with Gasteiger partial charge in [-0.15, -0.1) is 6.58 Å². The molecule has 0 aliphatic rings. The molecule has 104 valence electrons. The Morgan fingerprint density at radius 1 is 1.42 bits per heavy atom. The standard InChI is InChI=1S/C15H22N2O2/c1-3-9-16-10-8-15(18)17-11-7-13-5-4-6-14(12-13)19-2/h3-6,12,16H,1,7-11H2,2H3,(H,17,18). The maximum absolute atomic E-state index is 11.5. The van der Waals surface area contributed by atoms with Gasteiger partial charge < -0.3 is 15.4 Å². The van der Waals surface area contributed by atoms with Crippen LogP contribution in [-0.2, 0) is 11.2 Å². The van der Waals surface area contributed by atoms with E-state index in [1.165, 1.54) is 0 Å². The van der Waals surface area contributed by atoms with Crippen molar-refractivity contribution in [3.63, 3.8) is 0 Å². The number of nitrogens with one attached hydrogen (secondary N) is 2. The summed E-state index contributed by atoms with van der Waals surface area (Å²) in [6.07, 6.45) is 3.08. The molecule has 4 heteroatoms. The van der Waals surface area contributed by atoms with Crippen molar-refractivity contribution in [1.29, 1.82) is 0 Å². The Morgan fingerprint density at radius 2 is 2.26 bits per heavy atom. The van der Waals surface area contributed by atoms with Crippen LogP contribution in [0.1, 0.15) is 12.0 Å². The van der Waals surface area contributed by atoms with Gasteiger partial charge in [0.05, 0.1) is 7.11 Å². The number of rotatable bonds is 9. The van der Waals surface area contributed by atoms with Crippen molar-refractivity contribution in [2.75, 3.05) is 26.7 Å². The molecule has 1 aromatic rings. The Kier molecular flexibility index (Phi) is 7.35. The Morgan fingerprint density at radius 3 is 3.00 bits per heavy atom. The first-order valence-electron chi connectivity index (χ1n) is 6.47. The van der Waals surface area contributed by atoms with Crippen molar-refractivity contribution in [1.82, 2.24) is 10.6 Å². The van der Waals surface area contributed by atoms with Crippen molar-refractivity contribution in [2.45, 2.75) is 12.8 Å². The molecule has 0 heterocycles. The van der Waals surface area contributed by atoms with Crippen molar-refractivity contribution in [3.05, 3.63) is 42.5 Å². The second-order valence-corrected chi connectivity index (χ2v) is 4.19. The summed E-state index contributed by atoms with van der Waals surface area (Å²) in [5.74, 6) is 0.914. The van der Waals surface area contributed by atoms with Crippen molar-refractivity contribution in [2.24, 2.45) is 0 Å². The van der Waals surface area contributed by atoms with Crippen LogP contribution in [0, 0.1) is 0 Å². The fourth-order valence-corrected chi connectivity index (χ4v) is 1.67. The van der Waals surface area contributed by atoms with Gasteiger partial charge >= 0.3 is 0 Å². The topological polar surface area (TPSA) is 50.4 Å². The second kappa shape index (κ2) is 9.16. The smallest absolute Gasteiger partial charge is 0.221 e. The highest BCUT2D eigenvalue weighted by atomic mass is 16.5. The van der Waals surface area contributed by atoms with E-state index < -0.39 is 0 Å². The van der Waals surface area contributed by atoms with Crippen LogP contribution in [0.2, 0.25) is 0 Å². The van der Waals surface area contributed by atoms with Crippen LogP contribution in [0.15, 0.2) is 36.9 Å². The molecule has 0 radical (unpaired) electrons. The molecule has 4 nitrogen and oxygen atoms in total. The average Bonchev–Trinajstić information content (AvgIpc) is 2.44. The Balaban J connectivity index is 2.18. The first kappa shape index (κ1) is 15.2. The number of benzene rings is 1. The van der Waals surface area contributed by atoms with Crippen LogP contribution < -0.4 is 15.4 Å². The number of amides is 1. The van der Waals surface area contributed by atoms with E-state index in [4.69, 9.17) is 4.74 Å². The zero-order valence-electron chi connectivity index (χ0n) is 11.4. The minimum absolute atomic E-state index is 0.0689. The lowest BCUT2D eigenvalue weighted by Crippen LogP contribution is -2.29. The van der Waals surface area contributed by atoms with Crippen LogP contribution in [0.3, 0.4) is 0 Å². The summed E-state index contributed by atoms with van der Waals surface area (Å²) in [5, 5.41) is 5.99. The minimum atomic E-state index is 0.0689. The Labute approximate surface area is 114 Å². The number of hydrogen-bond donors (Lipinski definition) is 2. The molecule has 0 saturated carbocycles. The van der Waals surface area contributed by atoms with Gasteiger partial charge in [-0.3, -0.25) is 4.79 Å². The number of carbonyl (C=O) groups is 1. The van der Waals surface area contributed by atoms with Crippen LogP contribution >= 0.6 is 0 Å². The predicted molar refractivity (Wildman–Crippen MR) is 77.4 cm³/mol. The number of hydrogen-bond acceptors (Lipinski definition) is 3. The van der Waals surface area contributed by atoms with Crippen molar-refractivity contribution in [3.8, 4) is 5.75 Å². The van der Waals surface area contributed by atoms with Gasteiger partial charge in [-0.05, 0) is 24.1 Å². The first-order chi connectivity index (χ1) is 9.26. The zero-order valence-corrected chi connectivity index (χ0v) is 11.4. The third-order valence-corrected chi connectivity index (χ3v) is 2.69. The maximum Gasteiger partial charge on any atom is 0.221 e. The molecule has 19 heavy (non-hydrogen) atoms. The van der Waals surface area contributed by atoms with Crippen LogP contribution in [0.25, 0.3) is 0 Å². The average molecular weight is 262 g/mol. The molecule has 0 bridgehead atoms. The van der Waals surface area contributed by atoms with Gasteiger partial charge in [0.1, 0.15) is 5.75 Å².